The van der Waals surface area contributed by atoms with Crippen LogP contribution in [0.15, 0.2) is 29.8 Å². The van der Waals surface area contributed by atoms with E-state index in [0.29, 0.717) is 0 Å². The maximum atomic E-state index is 13.7. The summed E-state index contributed by atoms with van der Waals surface area (Å²) in [6.45, 7) is 8.13. The van der Waals surface area contributed by atoms with Crippen LogP contribution >= 0.6 is 0 Å². The van der Waals surface area contributed by atoms with Crippen LogP contribution in [0.2, 0.25) is 0 Å². The van der Waals surface area contributed by atoms with Gasteiger partial charge in [0.2, 0.25) is 5.91 Å². The summed E-state index contributed by atoms with van der Waals surface area (Å²) in [6, 6.07) is 7.64. The van der Waals surface area contributed by atoms with Crippen LogP contribution in [0.3, 0.4) is 0 Å². The lowest BCUT2D eigenvalue weighted by Gasteiger charge is -2.09. The van der Waals surface area contributed by atoms with Crippen molar-refractivity contribution in [3.63, 3.8) is 0 Å². The molecular weight excluding hydrogens is 359 g/mol. The maximum absolute atomic E-state index is 13.7. The van der Waals surface area contributed by atoms with Crippen LogP contribution in [0.5, 0.6) is 0 Å². The molecule has 0 spiro atoms. The molecule has 146 valence electrons. The molecule has 6 nitrogen and oxygen atoms in total. The van der Waals surface area contributed by atoms with Crippen LogP contribution in [-0.4, -0.2) is 16.4 Å². The number of hydrogen-bond donors (Lipinski definition) is 2. The van der Waals surface area contributed by atoms with Gasteiger partial charge in [-0.1, -0.05) is 6.92 Å². The summed E-state index contributed by atoms with van der Waals surface area (Å²) in [4.78, 5) is 23.7. The molecule has 0 aliphatic carbocycles. The Balaban J connectivity index is 2.28. The van der Waals surface area contributed by atoms with E-state index in [0.717, 1.165) is 36.0 Å². The molecule has 2 amide bonds. The zero-order valence-electron chi connectivity index (χ0n) is 16.4. The van der Waals surface area contributed by atoms with Crippen molar-refractivity contribution in [3.05, 3.63) is 52.6 Å². The van der Waals surface area contributed by atoms with E-state index in [4.69, 9.17) is 0 Å². The molecule has 2 N–H and O–H groups in total. The summed E-state index contributed by atoms with van der Waals surface area (Å²) in [7, 11) is 0. The number of amides is 2. The Morgan fingerprint density at radius 3 is 2.57 bits per heavy atom. The molecule has 0 atom stereocenters. The van der Waals surface area contributed by atoms with Gasteiger partial charge in [-0.2, -0.15) is 5.26 Å². The Morgan fingerprint density at radius 1 is 1.25 bits per heavy atom. The maximum Gasteiger partial charge on any atom is 0.266 e. The number of aromatic nitrogens is 1. The third-order valence-corrected chi connectivity index (χ3v) is 4.26. The molecule has 2 aromatic rings. The molecule has 1 heterocycles. The molecule has 0 unspecified atom stereocenters. The number of rotatable bonds is 6. The van der Waals surface area contributed by atoms with Crippen LogP contribution in [0, 0.1) is 31.0 Å². The first-order chi connectivity index (χ1) is 13.3. The highest BCUT2D eigenvalue weighted by Crippen LogP contribution is 2.22. The number of carbonyl (C=O) groups is 2. The van der Waals surface area contributed by atoms with Crippen LogP contribution in [0.4, 0.5) is 15.8 Å². The largest absolute Gasteiger partial charge is 0.349 e. The number of nitriles is 1. The molecule has 7 heteroatoms. The summed E-state index contributed by atoms with van der Waals surface area (Å²) in [5, 5.41) is 14.3. The number of halogens is 1. The van der Waals surface area contributed by atoms with Crippen molar-refractivity contribution >= 4 is 29.3 Å². The van der Waals surface area contributed by atoms with Gasteiger partial charge in [0.1, 0.15) is 17.5 Å². The van der Waals surface area contributed by atoms with Gasteiger partial charge in [-0.15, -0.1) is 0 Å². The van der Waals surface area contributed by atoms with Crippen LogP contribution in [-0.2, 0) is 16.1 Å². The van der Waals surface area contributed by atoms with Gasteiger partial charge in [-0.3, -0.25) is 9.59 Å². The normalized spacial score (nSPS) is 11.1. The molecule has 0 aliphatic rings. The average molecular weight is 382 g/mol. The smallest absolute Gasteiger partial charge is 0.266 e. The molecule has 0 saturated heterocycles. The minimum atomic E-state index is -0.618. The van der Waals surface area contributed by atoms with E-state index in [1.165, 1.54) is 19.1 Å². The Kier molecular flexibility index (Phi) is 6.72. The molecule has 0 radical (unpaired) electrons. The van der Waals surface area contributed by atoms with Crippen molar-refractivity contribution in [1.29, 1.82) is 5.26 Å². The summed E-state index contributed by atoms with van der Waals surface area (Å²) >= 11 is 0. The summed E-state index contributed by atoms with van der Waals surface area (Å²) in [6.07, 6.45) is 2.52. The van der Waals surface area contributed by atoms with Crippen molar-refractivity contribution in [1.82, 2.24) is 4.57 Å². The van der Waals surface area contributed by atoms with Crippen molar-refractivity contribution < 1.29 is 14.0 Å². The van der Waals surface area contributed by atoms with Crippen LogP contribution in [0.25, 0.3) is 6.08 Å². The molecule has 28 heavy (non-hydrogen) atoms. The first-order valence-corrected chi connectivity index (χ1v) is 8.93. The van der Waals surface area contributed by atoms with Crippen molar-refractivity contribution in [2.24, 2.45) is 0 Å². The van der Waals surface area contributed by atoms with E-state index in [9.17, 15) is 19.2 Å². The second kappa shape index (κ2) is 9.00. The Bertz CT molecular complexity index is 983. The van der Waals surface area contributed by atoms with E-state index in [1.807, 2.05) is 26.0 Å². The summed E-state index contributed by atoms with van der Waals surface area (Å²) < 4.78 is 15.9. The van der Waals surface area contributed by atoms with Gasteiger partial charge in [-0.25, -0.2) is 4.39 Å². The van der Waals surface area contributed by atoms with Crippen LogP contribution < -0.4 is 10.6 Å². The number of aryl methyl sites for hydroxylation is 1. The Morgan fingerprint density at radius 2 is 1.96 bits per heavy atom. The van der Waals surface area contributed by atoms with Gasteiger partial charge >= 0.3 is 0 Å². The third-order valence-electron chi connectivity index (χ3n) is 4.26. The number of benzene rings is 1. The molecule has 0 bridgehead atoms. The standard InChI is InChI=1S/C21H23FN4O2/c1-5-8-26-13(2)9-16(14(26)3)10-17(12-23)21(28)25-18-6-7-19(22)20(11-18)24-15(4)27/h6-7,9-11H,5,8H2,1-4H3,(H,24,27)(H,25,28)/b17-10+. The topological polar surface area (TPSA) is 86.9 Å². The second-order valence-electron chi connectivity index (χ2n) is 6.48. The molecule has 0 saturated carbocycles. The third kappa shape index (κ3) is 4.86. The molecule has 0 fully saturated rings. The predicted molar refractivity (Wildman–Crippen MR) is 107 cm³/mol. The zero-order chi connectivity index (χ0) is 20.8. The average Bonchev–Trinajstić information content (AvgIpc) is 2.89. The number of carbonyl (C=O) groups excluding carboxylic acids is 2. The highest BCUT2D eigenvalue weighted by molar-refractivity contribution is 6.10. The second-order valence-corrected chi connectivity index (χ2v) is 6.48. The summed E-state index contributed by atoms with van der Waals surface area (Å²) in [5.41, 5.74) is 3.00. The van der Waals surface area contributed by atoms with Crippen LogP contribution in [0.1, 0.15) is 37.2 Å². The summed E-state index contributed by atoms with van der Waals surface area (Å²) in [5.74, 6) is -1.65. The highest BCUT2D eigenvalue weighted by Gasteiger charge is 2.14. The SMILES string of the molecule is CCCn1c(C)cc(/C=C(\C#N)C(=O)Nc2ccc(F)c(NC(C)=O)c2)c1C. The van der Waals surface area contributed by atoms with Gasteiger partial charge in [0.25, 0.3) is 5.91 Å². The highest BCUT2D eigenvalue weighted by atomic mass is 19.1. The van der Waals surface area contributed by atoms with E-state index >= 15 is 0 Å². The van der Waals surface area contributed by atoms with E-state index in [-0.39, 0.29) is 16.9 Å². The quantitative estimate of drug-likeness (QED) is 0.581. The number of anilines is 2. The van der Waals surface area contributed by atoms with E-state index < -0.39 is 17.6 Å². The fraction of sp³-hybridized carbons (Fsp3) is 0.286. The number of nitrogens with one attached hydrogen (secondary N) is 2. The van der Waals surface area contributed by atoms with Gasteiger partial charge < -0.3 is 15.2 Å². The van der Waals surface area contributed by atoms with E-state index in [1.54, 1.807) is 6.08 Å². The molecule has 2 rings (SSSR count). The number of nitrogens with zero attached hydrogens (tertiary/aromatic N) is 2. The zero-order valence-corrected chi connectivity index (χ0v) is 16.4. The Hall–Kier alpha value is -3.40. The lowest BCUT2D eigenvalue weighted by molar-refractivity contribution is -0.114. The predicted octanol–water partition coefficient (Wildman–Crippen LogP) is 4.16. The van der Waals surface area contributed by atoms with Gasteiger partial charge in [0, 0.05) is 30.5 Å². The minimum absolute atomic E-state index is 0.0455. The fourth-order valence-electron chi connectivity index (χ4n) is 2.93. The Labute approximate surface area is 163 Å². The lowest BCUT2D eigenvalue weighted by Crippen LogP contribution is -2.14. The molecule has 1 aromatic heterocycles. The monoisotopic (exact) mass is 382 g/mol. The van der Waals surface area contributed by atoms with Gasteiger partial charge in [0.15, 0.2) is 0 Å². The molecule has 1 aromatic carbocycles. The van der Waals surface area contributed by atoms with Crippen molar-refractivity contribution in [3.8, 4) is 6.07 Å². The fourth-order valence-corrected chi connectivity index (χ4v) is 2.93. The van der Waals surface area contributed by atoms with Gasteiger partial charge in [-0.05, 0) is 56.2 Å². The molecular formula is C21H23FN4O2. The van der Waals surface area contributed by atoms with Gasteiger partial charge in [0.05, 0.1) is 5.69 Å². The van der Waals surface area contributed by atoms with Crippen molar-refractivity contribution in [2.45, 2.75) is 40.7 Å². The van der Waals surface area contributed by atoms with Crippen molar-refractivity contribution in [2.75, 3.05) is 10.6 Å². The molecule has 0 aliphatic heterocycles. The lowest BCUT2D eigenvalue weighted by atomic mass is 10.1. The first kappa shape index (κ1) is 20.9. The minimum Gasteiger partial charge on any atom is -0.349 e. The number of hydrogen-bond acceptors (Lipinski definition) is 3. The first-order valence-electron chi connectivity index (χ1n) is 8.93. The van der Waals surface area contributed by atoms with E-state index in [2.05, 4.69) is 22.1 Å².